The number of nitrogens with zero attached hydrogens (tertiary/aromatic N) is 2. The first-order valence-corrected chi connectivity index (χ1v) is 13.4. The summed E-state index contributed by atoms with van der Waals surface area (Å²) in [5, 5.41) is 0. The zero-order valence-corrected chi connectivity index (χ0v) is 21.5. The van der Waals surface area contributed by atoms with Gasteiger partial charge in [0.15, 0.2) is 0 Å². The third kappa shape index (κ3) is 5.85. The normalized spacial score (nSPS) is 13.3. The Bertz CT molecular complexity index is 967. The Labute approximate surface area is 187 Å². The summed E-state index contributed by atoms with van der Waals surface area (Å²) in [4.78, 5) is 12.3. The lowest BCUT2D eigenvalue weighted by molar-refractivity contribution is 0.0521. The third-order valence-electron chi connectivity index (χ3n) is 4.61. The van der Waals surface area contributed by atoms with Crippen molar-refractivity contribution >= 4 is 26.0 Å². The molecule has 1 aromatic carbocycles. The van der Waals surface area contributed by atoms with Gasteiger partial charge in [0.2, 0.25) is 20.0 Å². The molecular formula is C21H36N2O6S2. The molecule has 8 nitrogen and oxygen atoms in total. The number of hydrogen-bond acceptors (Lipinski definition) is 6. The lowest BCUT2D eigenvalue weighted by atomic mass is 10.2. The number of hydrogen-bond donors (Lipinski definition) is 0. The molecule has 10 heteroatoms. The summed E-state index contributed by atoms with van der Waals surface area (Å²) in [5.74, 6) is -0.883. The highest BCUT2D eigenvalue weighted by Gasteiger charge is 2.36. The Morgan fingerprint density at radius 3 is 1.61 bits per heavy atom. The molecule has 31 heavy (non-hydrogen) atoms. The molecule has 0 saturated carbocycles. The fourth-order valence-corrected chi connectivity index (χ4v) is 7.66. The number of carbonyl (C=O) groups excluding carboxylic acids is 1. The molecule has 0 fully saturated rings. The summed E-state index contributed by atoms with van der Waals surface area (Å²) in [6, 6.07) is 2.17. The fourth-order valence-electron chi connectivity index (χ4n) is 3.80. The van der Waals surface area contributed by atoms with E-state index in [4.69, 9.17) is 4.74 Å². The molecule has 1 aromatic rings. The smallest absolute Gasteiger partial charge is 0.339 e. The highest BCUT2D eigenvalue weighted by molar-refractivity contribution is 7.89. The lowest BCUT2D eigenvalue weighted by Gasteiger charge is -2.31. The van der Waals surface area contributed by atoms with Gasteiger partial charge in [-0.25, -0.2) is 21.6 Å². The SMILES string of the molecule is CCOC(=O)c1cc(S(=O)(=O)N(C(C)C)C(C)C)ccc1S(=O)(=O)N(C(C)C)C(C)C. The van der Waals surface area contributed by atoms with Crippen molar-refractivity contribution in [2.24, 2.45) is 0 Å². The zero-order chi connectivity index (χ0) is 24.3. The van der Waals surface area contributed by atoms with Gasteiger partial charge in [-0.1, -0.05) is 0 Å². The van der Waals surface area contributed by atoms with Crippen LogP contribution < -0.4 is 0 Å². The quantitative estimate of drug-likeness (QED) is 0.479. The van der Waals surface area contributed by atoms with Crippen molar-refractivity contribution in [1.29, 1.82) is 0 Å². The molecule has 0 heterocycles. The largest absolute Gasteiger partial charge is 0.462 e. The number of carbonyl (C=O) groups is 1. The van der Waals surface area contributed by atoms with Crippen LogP contribution in [0.2, 0.25) is 0 Å². The van der Waals surface area contributed by atoms with Gasteiger partial charge in [-0.15, -0.1) is 0 Å². The van der Waals surface area contributed by atoms with Crippen molar-refractivity contribution in [3.05, 3.63) is 23.8 Å². The molecule has 0 radical (unpaired) electrons. The van der Waals surface area contributed by atoms with Crippen LogP contribution in [0.5, 0.6) is 0 Å². The molecule has 0 amide bonds. The van der Waals surface area contributed by atoms with Gasteiger partial charge in [0.05, 0.1) is 22.0 Å². The molecule has 0 bridgehead atoms. The molecular weight excluding hydrogens is 440 g/mol. The van der Waals surface area contributed by atoms with Crippen molar-refractivity contribution in [2.75, 3.05) is 6.61 Å². The fraction of sp³-hybridized carbons (Fsp3) is 0.667. The van der Waals surface area contributed by atoms with Crippen LogP contribution >= 0.6 is 0 Å². The highest BCUT2D eigenvalue weighted by Crippen LogP contribution is 2.29. The first-order chi connectivity index (χ1) is 14.1. The van der Waals surface area contributed by atoms with Crippen molar-refractivity contribution in [3.63, 3.8) is 0 Å². The maximum absolute atomic E-state index is 13.4. The van der Waals surface area contributed by atoms with Gasteiger partial charge in [0.25, 0.3) is 0 Å². The molecule has 0 aliphatic carbocycles. The topological polar surface area (TPSA) is 101 Å². The van der Waals surface area contributed by atoms with E-state index in [2.05, 4.69) is 0 Å². The number of sulfonamides is 2. The van der Waals surface area contributed by atoms with Crippen LogP contribution in [0, 0.1) is 0 Å². The predicted molar refractivity (Wildman–Crippen MR) is 121 cm³/mol. The van der Waals surface area contributed by atoms with Crippen LogP contribution in [0.3, 0.4) is 0 Å². The van der Waals surface area contributed by atoms with E-state index >= 15 is 0 Å². The second-order valence-corrected chi connectivity index (χ2v) is 12.1. The van der Waals surface area contributed by atoms with Gasteiger partial charge < -0.3 is 4.74 Å². The molecule has 178 valence electrons. The van der Waals surface area contributed by atoms with Crippen LogP contribution in [0.4, 0.5) is 0 Å². The van der Waals surface area contributed by atoms with Crippen LogP contribution in [-0.4, -0.2) is 62.2 Å². The maximum atomic E-state index is 13.4. The number of ether oxygens (including phenoxy) is 1. The lowest BCUT2D eigenvalue weighted by Crippen LogP contribution is -2.43. The monoisotopic (exact) mass is 476 g/mol. The van der Waals surface area contributed by atoms with E-state index in [1.807, 2.05) is 0 Å². The Kier molecular flexibility index (Phi) is 9.26. The second kappa shape index (κ2) is 10.4. The van der Waals surface area contributed by atoms with Gasteiger partial charge in [-0.3, -0.25) is 0 Å². The Balaban J connectivity index is 3.82. The van der Waals surface area contributed by atoms with E-state index in [-0.39, 0.29) is 46.1 Å². The van der Waals surface area contributed by atoms with Crippen LogP contribution in [0.15, 0.2) is 28.0 Å². The van der Waals surface area contributed by atoms with E-state index < -0.39 is 26.0 Å². The van der Waals surface area contributed by atoms with Crippen molar-refractivity contribution in [3.8, 4) is 0 Å². The molecule has 0 saturated heterocycles. The van der Waals surface area contributed by atoms with Gasteiger partial charge in [-0.05, 0) is 80.5 Å². The third-order valence-corrected chi connectivity index (χ3v) is 9.17. The van der Waals surface area contributed by atoms with E-state index in [0.717, 1.165) is 6.07 Å². The van der Waals surface area contributed by atoms with E-state index in [1.54, 1.807) is 62.3 Å². The van der Waals surface area contributed by atoms with Crippen molar-refractivity contribution < 1.29 is 26.4 Å². The Morgan fingerprint density at radius 2 is 1.23 bits per heavy atom. The minimum absolute atomic E-state index is 0.0253. The summed E-state index contributed by atoms with van der Waals surface area (Å²) >= 11 is 0. The summed E-state index contributed by atoms with van der Waals surface area (Å²) in [5.41, 5.74) is -0.290. The number of rotatable bonds is 10. The number of esters is 1. The van der Waals surface area contributed by atoms with Crippen LogP contribution in [-0.2, 0) is 24.8 Å². The summed E-state index contributed by atoms with van der Waals surface area (Å²) in [6.07, 6.45) is 0. The molecule has 0 aromatic heterocycles. The summed E-state index contributed by atoms with van der Waals surface area (Å²) < 4.78 is 61.0. The molecule has 0 aliphatic heterocycles. The average Bonchev–Trinajstić information content (AvgIpc) is 2.59. The maximum Gasteiger partial charge on any atom is 0.339 e. The molecule has 0 unspecified atom stereocenters. The van der Waals surface area contributed by atoms with Gasteiger partial charge >= 0.3 is 5.97 Å². The Morgan fingerprint density at radius 1 is 0.806 bits per heavy atom. The predicted octanol–water partition coefficient (Wildman–Crippen LogP) is 3.48. The molecule has 0 atom stereocenters. The molecule has 0 spiro atoms. The van der Waals surface area contributed by atoms with Gasteiger partial charge in [0.1, 0.15) is 0 Å². The van der Waals surface area contributed by atoms with Crippen LogP contribution in [0.1, 0.15) is 72.7 Å². The average molecular weight is 477 g/mol. The Hall–Kier alpha value is -1.49. The van der Waals surface area contributed by atoms with Gasteiger partial charge in [-0.2, -0.15) is 8.61 Å². The van der Waals surface area contributed by atoms with E-state index in [0.29, 0.717) is 0 Å². The minimum atomic E-state index is -4.08. The van der Waals surface area contributed by atoms with E-state index in [9.17, 15) is 21.6 Å². The molecule has 0 aliphatic rings. The minimum Gasteiger partial charge on any atom is -0.462 e. The first-order valence-electron chi connectivity index (χ1n) is 10.5. The van der Waals surface area contributed by atoms with Crippen molar-refractivity contribution in [1.82, 2.24) is 8.61 Å². The zero-order valence-electron chi connectivity index (χ0n) is 19.9. The summed E-state index contributed by atoms with van der Waals surface area (Å²) in [6.45, 7) is 15.6. The highest BCUT2D eigenvalue weighted by atomic mass is 32.2. The molecule has 1 rings (SSSR count). The van der Waals surface area contributed by atoms with E-state index in [1.165, 1.54) is 20.7 Å². The molecule has 0 N–H and O–H groups in total. The summed E-state index contributed by atoms with van der Waals surface area (Å²) in [7, 11) is -8.05. The van der Waals surface area contributed by atoms with Crippen LogP contribution in [0.25, 0.3) is 0 Å². The first kappa shape index (κ1) is 27.5. The van der Waals surface area contributed by atoms with Crippen molar-refractivity contribution in [2.45, 2.75) is 96.3 Å². The van der Waals surface area contributed by atoms with Gasteiger partial charge in [0, 0.05) is 24.2 Å². The standard InChI is InChI=1S/C21H36N2O6S2/c1-10-29-21(24)19-13-18(30(25,26)22(14(2)3)15(4)5)11-12-20(19)31(27,28)23(16(6)7)17(8)9/h11-17H,10H2,1-9H3. The number of benzene rings is 1. The second-order valence-electron chi connectivity index (χ2n) is 8.42.